The van der Waals surface area contributed by atoms with Crippen LogP contribution in [0.25, 0.3) is 0 Å². The van der Waals surface area contributed by atoms with Gasteiger partial charge in [0.05, 0.1) is 12.1 Å². The summed E-state index contributed by atoms with van der Waals surface area (Å²) in [5.41, 5.74) is -0.111. The number of hydrogen-bond acceptors (Lipinski definition) is 3. The van der Waals surface area contributed by atoms with Crippen LogP contribution in [-0.2, 0) is 13.0 Å². The predicted octanol–water partition coefficient (Wildman–Crippen LogP) is 3.34. The number of hydrogen-bond donors (Lipinski definition) is 1. The molecular formula is C16H22ClN3O. The van der Waals surface area contributed by atoms with Gasteiger partial charge in [-0.3, -0.25) is 4.68 Å². The minimum atomic E-state index is -0.889. The van der Waals surface area contributed by atoms with Crippen LogP contribution in [0.1, 0.15) is 32.8 Å². The van der Waals surface area contributed by atoms with E-state index in [1.54, 1.807) is 11.0 Å². The van der Waals surface area contributed by atoms with Gasteiger partial charge in [0.1, 0.15) is 12.7 Å². The number of nitrogens with zero attached hydrogens (tertiary/aromatic N) is 3. The Morgan fingerprint density at radius 3 is 2.52 bits per heavy atom. The molecule has 0 bridgehead atoms. The van der Waals surface area contributed by atoms with Crippen molar-refractivity contribution in [3.05, 3.63) is 47.5 Å². The summed E-state index contributed by atoms with van der Waals surface area (Å²) in [5, 5.41) is 16.0. The molecule has 0 fully saturated rings. The predicted molar refractivity (Wildman–Crippen MR) is 84.2 cm³/mol. The molecule has 0 unspecified atom stereocenters. The number of rotatable bonds is 5. The van der Waals surface area contributed by atoms with E-state index in [1.165, 1.54) is 6.33 Å². The van der Waals surface area contributed by atoms with Crippen molar-refractivity contribution in [3.63, 3.8) is 0 Å². The second-order valence-corrected chi connectivity index (χ2v) is 6.87. The summed E-state index contributed by atoms with van der Waals surface area (Å²) in [7, 11) is 0. The fraction of sp³-hybridized carbons (Fsp3) is 0.500. The lowest BCUT2D eigenvalue weighted by atomic mass is 9.73. The molecule has 114 valence electrons. The summed E-state index contributed by atoms with van der Waals surface area (Å²) in [5.74, 6) is 0. The summed E-state index contributed by atoms with van der Waals surface area (Å²) in [6, 6.07) is 7.76. The van der Waals surface area contributed by atoms with E-state index in [2.05, 4.69) is 10.1 Å². The molecule has 2 rings (SSSR count). The molecule has 5 heteroatoms. The molecule has 0 spiro atoms. The van der Waals surface area contributed by atoms with E-state index in [-0.39, 0.29) is 5.41 Å². The van der Waals surface area contributed by atoms with Crippen molar-refractivity contribution in [3.8, 4) is 0 Å². The van der Waals surface area contributed by atoms with Crippen LogP contribution in [0.3, 0.4) is 0 Å². The maximum absolute atomic E-state index is 11.1. The fourth-order valence-electron chi connectivity index (χ4n) is 2.32. The first-order valence-electron chi connectivity index (χ1n) is 7.10. The highest BCUT2D eigenvalue weighted by Gasteiger charge is 2.40. The van der Waals surface area contributed by atoms with Crippen molar-refractivity contribution in [2.75, 3.05) is 0 Å². The number of aromatic nitrogens is 3. The number of halogens is 1. The molecule has 0 radical (unpaired) electrons. The number of benzene rings is 1. The van der Waals surface area contributed by atoms with Crippen LogP contribution in [0.2, 0.25) is 5.02 Å². The van der Waals surface area contributed by atoms with Gasteiger partial charge in [-0.2, -0.15) is 5.10 Å². The molecule has 0 saturated heterocycles. The van der Waals surface area contributed by atoms with Crippen LogP contribution in [0.4, 0.5) is 0 Å². The molecule has 0 aliphatic heterocycles. The third kappa shape index (κ3) is 3.83. The number of aryl methyl sites for hydroxylation is 1. The van der Waals surface area contributed by atoms with Crippen molar-refractivity contribution in [2.45, 2.75) is 45.8 Å². The molecule has 1 aromatic heterocycles. The van der Waals surface area contributed by atoms with Crippen molar-refractivity contribution in [1.82, 2.24) is 14.8 Å². The van der Waals surface area contributed by atoms with Gasteiger partial charge in [-0.05, 0) is 29.9 Å². The number of aliphatic hydroxyl groups is 1. The molecule has 1 atom stereocenters. The fourth-order valence-corrected chi connectivity index (χ4v) is 2.55. The third-order valence-corrected chi connectivity index (χ3v) is 4.42. The SMILES string of the molecule is CC(C)(C)[C@](O)(CCc1ccccc1Cl)Cn1cncn1. The van der Waals surface area contributed by atoms with Crippen LogP contribution in [0.15, 0.2) is 36.9 Å². The van der Waals surface area contributed by atoms with Crippen LogP contribution in [-0.4, -0.2) is 25.5 Å². The van der Waals surface area contributed by atoms with E-state index >= 15 is 0 Å². The minimum Gasteiger partial charge on any atom is -0.387 e. The van der Waals surface area contributed by atoms with Crippen LogP contribution in [0, 0.1) is 5.41 Å². The highest BCUT2D eigenvalue weighted by Crippen LogP contribution is 2.36. The summed E-state index contributed by atoms with van der Waals surface area (Å²) in [4.78, 5) is 3.94. The van der Waals surface area contributed by atoms with Crippen LogP contribution in [0.5, 0.6) is 0 Å². The first-order valence-corrected chi connectivity index (χ1v) is 7.48. The van der Waals surface area contributed by atoms with Gasteiger partial charge < -0.3 is 5.11 Å². The second kappa shape index (κ2) is 6.16. The van der Waals surface area contributed by atoms with Gasteiger partial charge in [-0.15, -0.1) is 0 Å². The average molecular weight is 308 g/mol. The van der Waals surface area contributed by atoms with E-state index in [0.29, 0.717) is 13.0 Å². The monoisotopic (exact) mass is 307 g/mol. The lowest BCUT2D eigenvalue weighted by Gasteiger charge is -2.40. The molecule has 0 aliphatic rings. The zero-order valence-corrected chi connectivity index (χ0v) is 13.5. The lowest BCUT2D eigenvalue weighted by Crippen LogP contribution is -2.47. The molecule has 1 heterocycles. The summed E-state index contributed by atoms with van der Waals surface area (Å²) < 4.78 is 1.68. The Kier molecular flexibility index (Phi) is 4.69. The Morgan fingerprint density at radius 1 is 1.24 bits per heavy atom. The summed E-state index contributed by atoms with van der Waals surface area (Å²) in [6.45, 7) is 6.53. The quantitative estimate of drug-likeness (QED) is 0.921. The van der Waals surface area contributed by atoms with E-state index in [1.807, 2.05) is 45.0 Å². The van der Waals surface area contributed by atoms with Crippen molar-refractivity contribution >= 4 is 11.6 Å². The Labute approximate surface area is 130 Å². The van der Waals surface area contributed by atoms with Crippen molar-refractivity contribution < 1.29 is 5.11 Å². The maximum Gasteiger partial charge on any atom is 0.137 e. The van der Waals surface area contributed by atoms with Gasteiger partial charge in [0.15, 0.2) is 0 Å². The van der Waals surface area contributed by atoms with Crippen LogP contribution >= 0.6 is 11.6 Å². The molecule has 0 aliphatic carbocycles. The highest BCUT2D eigenvalue weighted by atomic mass is 35.5. The Morgan fingerprint density at radius 2 is 1.95 bits per heavy atom. The molecule has 0 saturated carbocycles. The molecule has 21 heavy (non-hydrogen) atoms. The largest absolute Gasteiger partial charge is 0.387 e. The minimum absolute atomic E-state index is 0.278. The highest BCUT2D eigenvalue weighted by molar-refractivity contribution is 6.31. The Hall–Kier alpha value is -1.39. The molecule has 1 N–H and O–H groups in total. The van der Waals surface area contributed by atoms with Gasteiger partial charge >= 0.3 is 0 Å². The smallest absolute Gasteiger partial charge is 0.137 e. The van der Waals surface area contributed by atoms with E-state index in [0.717, 1.165) is 17.0 Å². The molecule has 2 aromatic rings. The molecular weight excluding hydrogens is 286 g/mol. The van der Waals surface area contributed by atoms with E-state index in [9.17, 15) is 5.11 Å². The zero-order chi connectivity index (χ0) is 15.5. The maximum atomic E-state index is 11.1. The van der Waals surface area contributed by atoms with Gasteiger partial charge in [-0.1, -0.05) is 50.6 Å². The Balaban J connectivity index is 2.15. The second-order valence-electron chi connectivity index (χ2n) is 6.47. The van der Waals surface area contributed by atoms with Gasteiger partial charge in [-0.25, -0.2) is 4.98 Å². The normalized spacial score (nSPS) is 14.9. The topological polar surface area (TPSA) is 50.9 Å². The summed E-state index contributed by atoms with van der Waals surface area (Å²) >= 11 is 6.20. The van der Waals surface area contributed by atoms with Gasteiger partial charge in [0.25, 0.3) is 0 Å². The summed E-state index contributed by atoms with van der Waals surface area (Å²) in [6.07, 6.45) is 4.45. The Bertz CT molecular complexity index is 577. The van der Waals surface area contributed by atoms with E-state index < -0.39 is 5.60 Å². The molecule has 0 amide bonds. The molecule has 4 nitrogen and oxygen atoms in total. The average Bonchev–Trinajstić information content (AvgIpc) is 2.89. The van der Waals surface area contributed by atoms with E-state index in [4.69, 9.17) is 11.6 Å². The lowest BCUT2D eigenvalue weighted by molar-refractivity contribution is -0.0796. The van der Waals surface area contributed by atoms with Crippen molar-refractivity contribution in [1.29, 1.82) is 0 Å². The molecule has 1 aromatic carbocycles. The van der Waals surface area contributed by atoms with Gasteiger partial charge in [0, 0.05) is 5.02 Å². The first kappa shape index (κ1) is 16.0. The standard InChI is InChI=1S/C16H22ClN3O/c1-15(2,3)16(21,10-20-12-18-11-19-20)9-8-13-6-4-5-7-14(13)17/h4-7,11-12,21H,8-10H2,1-3H3/t16-/m0/s1. The third-order valence-electron chi connectivity index (χ3n) is 4.05. The zero-order valence-electron chi connectivity index (χ0n) is 12.8. The first-order chi connectivity index (χ1) is 9.82. The van der Waals surface area contributed by atoms with Crippen molar-refractivity contribution in [2.24, 2.45) is 5.41 Å². The van der Waals surface area contributed by atoms with Gasteiger partial charge in [0.2, 0.25) is 0 Å². The van der Waals surface area contributed by atoms with Crippen LogP contribution < -0.4 is 0 Å².